The van der Waals surface area contributed by atoms with Gasteiger partial charge in [0.05, 0.1) is 19.1 Å². The number of hydrogen-bond donors (Lipinski definition) is 1. The molecule has 0 aliphatic carbocycles. The molecule has 1 fully saturated rings. The Labute approximate surface area is 126 Å². The first-order valence-electron chi connectivity index (χ1n) is 7.68. The normalized spacial score (nSPS) is 23.4. The van der Waals surface area contributed by atoms with Gasteiger partial charge in [0.1, 0.15) is 0 Å². The van der Waals surface area contributed by atoms with Crippen molar-refractivity contribution in [1.82, 2.24) is 4.90 Å². The Morgan fingerprint density at radius 1 is 1.43 bits per heavy atom. The maximum atomic E-state index is 11.4. The van der Waals surface area contributed by atoms with Gasteiger partial charge in [0.2, 0.25) is 0 Å². The number of nitrogens with zero attached hydrogens (tertiary/aromatic N) is 1. The molecule has 1 aliphatic rings. The van der Waals surface area contributed by atoms with Crippen LogP contribution in [-0.4, -0.2) is 41.8 Å². The van der Waals surface area contributed by atoms with E-state index in [0.29, 0.717) is 13.2 Å². The van der Waals surface area contributed by atoms with Crippen molar-refractivity contribution in [2.75, 3.05) is 19.8 Å². The van der Waals surface area contributed by atoms with Crippen LogP contribution in [0.4, 0.5) is 0 Å². The quantitative estimate of drug-likeness (QED) is 0.875. The smallest absolute Gasteiger partial charge is 0.310 e. The second kappa shape index (κ2) is 7.05. The number of carboxylic acids is 1. The van der Waals surface area contributed by atoms with Gasteiger partial charge in [-0.25, -0.2) is 0 Å². The lowest BCUT2D eigenvalue weighted by Gasteiger charge is -2.36. The summed E-state index contributed by atoms with van der Waals surface area (Å²) in [5.41, 5.74) is 2.51. The van der Waals surface area contributed by atoms with E-state index < -0.39 is 11.9 Å². The van der Waals surface area contributed by atoms with Crippen molar-refractivity contribution in [3.63, 3.8) is 0 Å². The Bertz CT molecular complexity index is 489. The molecule has 0 spiro atoms. The molecule has 1 aliphatic heterocycles. The Hall–Kier alpha value is -1.39. The maximum absolute atomic E-state index is 11.4. The molecule has 3 atom stereocenters. The fourth-order valence-electron chi connectivity index (χ4n) is 3.24. The number of rotatable bonds is 6. The molecule has 0 amide bonds. The zero-order chi connectivity index (χ0) is 15.4. The Kier molecular flexibility index (Phi) is 5.37. The fourth-order valence-corrected chi connectivity index (χ4v) is 3.24. The molecule has 3 unspecified atom stereocenters. The highest BCUT2D eigenvalue weighted by Gasteiger charge is 2.39. The molecule has 1 N–H and O–H groups in total. The predicted molar refractivity (Wildman–Crippen MR) is 82.3 cm³/mol. The van der Waals surface area contributed by atoms with Crippen molar-refractivity contribution in [3.05, 3.63) is 35.4 Å². The molecule has 21 heavy (non-hydrogen) atoms. The van der Waals surface area contributed by atoms with E-state index in [0.717, 1.165) is 13.0 Å². The van der Waals surface area contributed by atoms with Crippen molar-refractivity contribution in [1.29, 1.82) is 0 Å². The molecule has 1 saturated heterocycles. The summed E-state index contributed by atoms with van der Waals surface area (Å²) in [4.78, 5) is 13.7. The van der Waals surface area contributed by atoms with Gasteiger partial charge in [0, 0.05) is 12.1 Å². The lowest BCUT2D eigenvalue weighted by Crippen LogP contribution is -2.45. The van der Waals surface area contributed by atoms with E-state index in [1.54, 1.807) is 0 Å². The average Bonchev–Trinajstić information content (AvgIpc) is 2.94. The van der Waals surface area contributed by atoms with E-state index in [1.165, 1.54) is 11.1 Å². The summed E-state index contributed by atoms with van der Waals surface area (Å²) < 4.78 is 5.45. The van der Waals surface area contributed by atoms with Gasteiger partial charge in [0.25, 0.3) is 0 Å². The molecule has 0 bridgehead atoms. The van der Waals surface area contributed by atoms with E-state index in [4.69, 9.17) is 4.74 Å². The lowest BCUT2D eigenvalue weighted by molar-refractivity contribution is -0.143. The van der Waals surface area contributed by atoms with Gasteiger partial charge in [0.15, 0.2) is 0 Å². The topological polar surface area (TPSA) is 49.8 Å². The zero-order valence-corrected chi connectivity index (χ0v) is 13.1. The molecule has 2 rings (SSSR count). The molecular formula is C17H25NO3. The minimum Gasteiger partial charge on any atom is -0.481 e. The first-order valence-corrected chi connectivity index (χ1v) is 7.68. The van der Waals surface area contributed by atoms with E-state index in [2.05, 4.69) is 37.8 Å². The van der Waals surface area contributed by atoms with Crippen LogP contribution in [0.2, 0.25) is 0 Å². The van der Waals surface area contributed by atoms with Crippen LogP contribution < -0.4 is 0 Å². The summed E-state index contributed by atoms with van der Waals surface area (Å²) in [6, 6.07) is 8.47. The van der Waals surface area contributed by atoms with Crippen LogP contribution in [-0.2, 0) is 9.53 Å². The van der Waals surface area contributed by atoms with Gasteiger partial charge >= 0.3 is 5.97 Å². The van der Waals surface area contributed by atoms with Crippen LogP contribution >= 0.6 is 0 Å². The summed E-state index contributed by atoms with van der Waals surface area (Å²) in [5, 5.41) is 9.40. The third-order valence-electron chi connectivity index (χ3n) is 4.41. The third-order valence-corrected chi connectivity index (χ3v) is 4.41. The highest BCUT2D eigenvalue weighted by Crippen LogP contribution is 2.30. The SMILES string of the molecule is CCCN(C(C)c1ccccc1C)C1COCC1C(=O)O. The van der Waals surface area contributed by atoms with Gasteiger partial charge < -0.3 is 9.84 Å². The van der Waals surface area contributed by atoms with Crippen molar-refractivity contribution in [2.24, 2.45) is 5.92 Å². The van der Waals surface area contributed by atoms with Gasteiger partial charge in [-0.05, 0) is 37.9 Å². The Balaban J connectivity index is 2.26. The first-order chi connectivity index (χ1) is 10.1. The van der Waals surface area contributed by atoms with Gasteiger partial charge in [-0.3, -0.25) is 9.69 Å². The fraction of sp³-hybridized carbons (Fsp3) is 0.588. The monoisotopic (exact) mass is 291 g/mol. The van der Waals surface area contributed by atoms with Crippen LogP contribution in [0.25, 0.3) is 0 Å². The van der Waals surface area contributed by atoms with E-state index >= 15 is 0 Å². The number of carbonyl (C=O) groups is 1. The lowest BCUT2D eigenvalue weighted by atomic mass is 9.95. The molecule has 4 heteroatoms. The molecule has 0 aromatic heterocycles. The number of ether oxygens (including phenoxy) is 1. The maximum Gasteiger partial charge on any atom is 0.310 e. The van der Waals surface area contributed by atoms with Crippen molar-refractivity contribution in [2.45, 2.75) is 39.3 Å². The highest BCUT2D eigenvalue weighted by molar-refractivity contribution is 5.71. The van der Waals surface area contributed by atoms with Crippen LogP contribution in [0.15, 0.2) is 24.3 Å². The van der Waals surface area contributed by atoms with E-state index in [-0.39, 0.29) is 12.1 Å². The molecular weight excluding hydrogens is 266 g/mol. The van der Waals surface area contributed by atoms with Gasteiger partial charge in [-0.2, -0.15) is 0 Å². The van der Waals surface area contributed by atoms with Crippen molar-refractivity contribution in [3.8, 4) is 0 Å². The van der Waals surface area contributed by atoms with E-state index in [1.807, 2.05) is 12.1 Å². The molecule has 0 radical (unpaired) electrons. The second-order valence-electron chi connectivity index (χ2n) is 5.82. The standard InChI is InChI=1S/C17H25NO3/c1-4-9-18(16-11-21-10-15(16)17(19)20)13(3)14-8-6-5-7-12(14)2/h5-8,13,15-16H,4,9-11H2,1-3H3,(H,19,20). The summed E-state index contributed by atoms with van der Waals surface area (Å²) in [6.07, 6.45) is 0.999. The summed E-state index contributed by atoms with van der Waals surface area (Å²) in [7, 11) is 0. The first kappa shape index (κ1) is 16.0. The zero-order valence-electron chi connectivity index (χ0n) is 13.1. The van der Waals surface area contributed by atoms with Crippen molar-refractivity contribution >= 4 is 5.97 Å². The summed E-state index contributed by atoms with van der Waals surface area (Å²) in [5.74, 6) is -1.18. The number of aliphatic carboxylic acids is 1. The number of aryl methyl sites for hydroxylation is 1. The molecule has 1 aromatic carbocycles. The third kappa shape index (κ3) is 3.44. The van der Waals surface area contributed by atoms with Crippen LogP contribution in [0.3, 0.4) is 0 Å². The molecule has 1 aromatic rings. The summed E-state index contributed by atoms with van der Waals surface area (Å²) in [6.45, 7) is 8.11. The molecule has 4 nitrogen and oxygen atoms in total. The minimum atomic E-state index is -0.754. The number of hydrogen-bond acceptors (Lipinski definition) is 3. The number of carboxylic acid groups (broad SMARTS) is 1. The molecule has 0 saturated carbocycles. The average molecular weight is 291 g/mol. The Morgan fingerprint density at radius 3 is 2.76 bits per heavy atom. The minimum absolute atomic E-state index is 0.0444. The van der Waals surface area contributed by atoms with Crippen LogP contribution in [0.1, 0.15) is 37.4 Å². The van der Waals surface area contributed by atoms with Crippen molar-refractivity contribution < 1.29 is 14.6 Å². The van der Waals surface area contributed by atoms with Gasteiger partial charge in [-0.15, -0.1) is 0 Å². The van der Waals surface area contributed by atoms with Crippen LogP contribution in [0.5, 0.6) is 0 Å². The molecule has 1 heterocycles. The summed E-state index contributed by atoms with van der Waals surface area (Å²) >= 11 is 0. The highest BCUT2D eigenvalue weighted by atomic mass is 16.5. The van der Waals surface area contributed by atoms with Crippen LogP contribution in [0, 0.1) is 12.8 Å². The van der Waals surface area contributed by atoms with Gasteiger partial charge in [-0.1, -0.05) is 31.2 Å². The number of benzene rings is 1. The predicted octanol–water partition coefficient (Wildman–Crippen LogP) is 2.87. The second-order valence-corrected chi connectivity index (χ2v) is 5.82. The molecule has 116 valence electrons. The largest absolute Gasteiger partial charge is 0.481 e. The Morgan fingerprint density at radius 2 is 2.14 bits per heavy atom. The van der Waals surface area contributed by atoms with E-state index in [9.17, 15) is 9.90 Å².